The number of fused-ring (bicyclic) bond motifs is 1. The Morgan fingerprint density at radius 3 is 2.86 bits per heavy atom. The number of aliphatic hydroxyl groups excluding tert-OH is 1. The summed E-state index contributed by atoms with van der Waals surface area (Å²) in [5, 5.41) is 15.9. The van der Waals surface area contributed by atoms with E-state index >= 15 is 0 Å². The number of thiophene rings is 1. The Morgan fingerprint density at radius 1 is 1.23 bits per heavy atom. The molecule has 112 valence electrons. The summed E-state index contributed by atoms with van der Waals surface area (Å²) in [5.74, 6) is 1.46. The smallest absolute Gasteiger partial charge is 0.181 e. The number of anilines is 1. The molecule has 1 fully saturated rings. The zero-order chi connectivity index (χ0) is 15.0. The first-order chi connectivity index (χ1) is 10.8. The monoisotopic (exact) mass is 312 g/mol. The van der Waals surface area contributed by atoms with E-state index in [0.717, 1.165) is 41.1 Å². The third kappa shape index (κ3) is 2.44. The van der Waals surface area contributed by atoms with Crippen molar-refractivity contribution >= 4 is 27.4 Å². The van der Waals surface area contributed by atoms with E-state index in [0.29, 0.717) is 5.82 Å². The predicted molar refractivity (Wildman–Crippen MR) is 87.9 cm³/mol. The minimum atomic E-state index is 0.0401. The topological polar surface area (TPSA) is 70.9 Å². The van der Waals surface area contributed by atoms with Crippen molar-refractivity contribution in [2.45, 2.75) is 12.8 Å². The number of hydrogen-bond donors (Lipinski definition) is 2. The number of aromatic nitrogens is 3. The van der Waals surface area contributed by atoms with Crippen molar-refractivity contribution in [2.24, 2.45) is 5.41 Å². The van der Waals surface area contributed by atoms with E-state index in [1.54, 1.807) is 17.5 Å². The molecule has 1 saturated carbocycles. The van der Waals surface area contributed by atoms with Crippen LogP contribution in [0.2, 0.25) is 0 Å². The highest BCUT2D eigenvalue weighted by molar-refractivity contribution is 7.16. The van der Waals surface area contributed by atoms with Crippen LogP contribution in [0.25, 0.3) is 21.7 Å². The van der Waals surface area contributed by atoms with Gasteiger partial charge in [0.05, 0.1) is 12.0 Å². The lowest BCUT2D eigenvalue weighted by atomic mass is 10.1. The van der Waals surface area contributed by atoms with E-state index in [1.165, 1.54) is 0 Å². The molecule has 0 unspecified atom stereocenters. The average Bonchev–Trinajstić information content (AvgIpc) is 3.20. The van der Waals surface area contributed by atoms with Crippen molar-refractivity contribution in [3.05, 3.63) is 35.8 Å². The van der Waals surface area contributed by atoms with E-state index in [9.17, 15) is 5.11 Å². The number of hydrogen-bond acceptors (Lipinski definition) is 6. The highest BCUT2D eigenvalue weighted by Gasteiger charge is 2.41. The molecule has 3 heterocycles. The first kappa shape index (κ1) is 13.6. The summed E-state index contributed by atoms with van der Waals surface area (Å²) in [6.07, 6.45) is 3.89. The van der Waals surface area contributed by atoms with Crippen molar-refractivity contribution in [2.75, 3.05) is 18.5 Å². The van der Waals surface area contributed by atoms with Gasteiger partial charge >= 0.3 is 0 Å². The lowest BCUT2D eigenvalue weighted by Gasteiger charge is -2.14. The number of nitrogens with one attached hydrogen (secondary N) is 1. The van der Waals surface area contributed by atoms with Gasteiger partial charge in [-0.3, -0.25) is 4.98 Å². The molecule has 3 aromatic heterocycles. The van der Waals surface area contributed by atoms with Crippen LogP contribution in [-0.4, -0.2) is 33.2 Å². The molecule has 0 atom stereocenters. The fourth-order valence-electron chi connectivity index (χ4n) is 2.44. The molecular formula is C16H16N4OS. The fraction of sp³-hybridized carbons (Fsp3) is 0.312. The molecule has 0 bridgehead atoms. The van der Waals surface area contributed by atoms with Crippen LogP contribution in [0.3, 0.4) is 0 Å². The fourth-order valence-corrected chi connectivity index (χ4v) is 3.20. The first-order valence-electron chi connectivity index (χ1n) is 7.31. The summed E-state index contributed by atoms with van der Waals surface area (Å²) >= 11 is 1.60. The first-order valence-corrected chi connectivity index (χ1v) is 8.19. The molecule has 0 spiro atoms. The zero-order valence-corrected chi connectivity index (χ0v) is 12.8. The summed E-state index contributed by atoms with van der Waals surface area (Å²) in [6, 6.07) is 7.75. The third-order valence-electron chi connectivity index (χ3n) is 4.14. The Labute approximate surface area is 132 Å². The van der Waals surface area contributed by atoms with E-state index in [4.69, 9.17) is 0 Å². The molecule has 22 heavy (non-hydrogen) atoms. The van der Waals surface area contributed by atoms with Gasteiger partial charge in [0.15, 0.2) is 5.82 Å². The second-order valence-electron chi connectivity index (χ2n) is 5.76. The Balaban J connectivity index is 1.71. The number of rotatable bonds is 5. The number of nitrogens with zero attached hydrogens (tertiary/aromatic N) is 3. The molecule has 4 rings (SSSR count). The van der Waals surface area contributed by atoms with Gasteiger partial charge in [0.1, 0.15) is 16.3 Å². The molecule has 1 aliphatic rings. The predicted octanol–water partition coefficient (Wildman–Crippen LogP) is 2.94. The molecule has 6 heteroatoms. The summed E-state index contributed by atoms with van der Waals surface area (Å²) in [6.45, 7) is 0.970. The van der Waals surface area contributed by atoms with Gasteiger partial charge in [-0.25, -0.2) is 9.97 Å². The van der Waals surface area contributed by atoms with Gasteiger partial charge in [-0.15, -0.1) is 11.3 Å². The molecule has 0 radical (unpaired) electrons. The zero-order valence-electron chi connectivity index (χ0n) is 12.0. The van der Waals surface area contributed by atoms with Crippen LogP contribution in [0.5, 0.6) is 0 Å². The Kier molecular flexibility index (Phi) is 3.28. The minimum Gasteiger partial charge on any atom is -0.396 e. The molecule has 0 amide bonds. The van der Waals surface area contributed by atoms with Crippen molar-refractivity contribution in [1.82, 2.24) is 15.0 Å². The molecule has 0 aromatic carbocycles. The molecule has 0 saturated heterocycles. The third-order valence-corrected chi connectivity index (χ3v) is 4.95. The number of aliphatic hydroxyl groups is 1. The van der Waals surface area contributed by atoms with Gasteiger partial charge < -0.3 is 10.4 Å². The molecule has 3 aromatic rings. The van der Waals surface area contributed by atoms with Crippen LogP contribution in [0.15, 0.2) is 35.8 Å². The average molecular weight is 312 g/mol. The lowest BCUT2D eigenvalue weighted by molar-refractivity contribution is 0.219. The summed E-state index contributed by atoms with van der Waals surface area (Å²) in [4.78, 5) is 14.5. The molecular weight excluding hydrogens is 296 g/mol. The van der Waals surface area contributed by atoms with Crippen LogP contribution < -0.4 is 5.32 Å². The molecule has 2 N–H and O–H groups in total. The summed E-state index contributed by atoms with van der Waals surface area (Å²) in [7, 11) is 0. The molecule has 1 aliphatic carbocycles. The Hall–Kier alpha value is -2.05. The second kappa shape index (κ2) is 5.30. The lowest BCUT2D eigenvalue weighted by Crippen LogP contribution is -2.19. The highest BCUT2D eigenvalue weighted by Crippen LogP contribution is 2.45. The van der Waals surface area contributed by atoms with Gasteiger partial charge in [0.25, 0.3) is 0 Å². The van der Waals surface area contributed by atoms with Crippen LogP contribution >= 0.6 is 11.3 Å². The van der Waals surface area contributed by atoms with Crippen molar-refractivity contribution in [1.29, 1.82) is 0 Å². The maximum absolute atomic E-state index is 9.46. The van der Waals surface area contributed by atoms with Crippen LogP contribution in [0.1, 0.15) is 12.8 Å². The SMILES string of the molecule is OCC1(CNc2nc(-c3ccccn3)nc3sccc23)CC1. The van der Waals surface area contributed by atoms with E-state index in [1.807, 2.05) is 29.6 Å². The number of pyridine rings is 1. The molecule has 0 aliphatic heterocycles. The largest absolute Gasteiger partial charge is 0.396 e. The summed E-state index contributed by atoms with van der Waals surface area (Å²) < 4.78 is 0. The summed E-state index contributed by atoms with van der Waals surface area (Å²) in [5.41, 5.74) is 0.808. The van der Waals surface area contributed by atoms with Gasteiger partial charge in [-0.1, -0.05) is 6.07 Å². The van der Waals surface area contributed by atoms with Gasteiger partial charge in [0, 0.05) is 18.2 Å². The van der Waals surface area contributed by atoms with Crippen molar-refractivity contribution in [3.63, 3.8) is 0 Å². The Bertz CT molecular complexity index is 798. The normalized spacial score (nSPS) is 15.9. The van der Waals surface area contributed by atoms with E-state index < -0.39 is 0 Å². The van der Waals surface area contributed by atoms with Crippen LogP contribution in [0, 0.1) is 5.41 Å². The Morgan fingerprint density at radius 2 is 2.14 bits per heavy atom. The second-order valence-corrected chi connectivity index (χ2v) is 6.66. The molecule has 5 nitrogen and oxygen atoms in total. The minimum absolute atomic E-state index is 0.0401. The standard InChI is InChI=1S/C16H16N4OS/c21-10-16(5-6-16)9-18-13-11-4-8-22-15(11)20-14(19-13)12-3-1-2-7-17-12/h1-4,7-8,21H,5-6,9-10H2,(H,18,19,20). The quantitative estimate of drug-likeness (QED) is 0.758. The maximum atomic E-state index is 9.46. The van der Waals surface area contributed by atoms with Crippen molar-refractivity contribution in [3.8, 4) is 11.5 Å². The van der Waals surface area contributed by atoms with Gasteiger partial charge in [0.2, 0.25) is 0 Å². The van der Waals surface area contributed by atoms with Crippen LogP contribution in [-0.2, 0) is 0 Å². The van der Waals surface area contributed by atoms with E-state index in [2.05, 4.69) is 20.3 Å². The highest BCUT2D eigenvalue weighted by atomic mass is 32.1. The van der Waals surface area contributed by atoms with Gasteiger partial charge in [-0.05, 0) is 36.4 Å². The van der Waals surface area contributed by atoms with Gasteiger partial charge in [-0.2, -0.15) is 0 Å². The van der Waals surface area contributed by atoms with E-state index in [-0.39, 0.29) is 12.0 Å². The van der Waals surface area contributed by atoms with Crippen molar-refractivity contribution < 1.29 is 5.11 Å². The maximum Gasteiger partial charge on any atom is 0.181 e. The van der Waals surface area contributed by atoms with Crippen LogP contribution in [0.4, 0.5) is 5.82 Å².